The highest BCUT2D eigenvalue weighted by atomic mass is 32.2. The fourth-order valence-corrected chi connectivity index (χ4v) is 5.35. The van der Waals surface area contributed by atoms with E-state index in [1.165, 1.54) is 18.3 Å². The Balaban J connectivity index is 1.76. The highest BCUT2D eigenvalue weighted by Gasteiger charge is 2.25. The number of carbonyl (C=O) groups is 1. The molecule has 0 spiro atoms. The smallest absolute Gasteiger partial charge is 0.246 e. The van der Waals surface area contributed by atoms with Crippen molar-refractivity contribution in [3.8, 4) is 0 Å². The van der Waals surface area contributed by atoms with E-state index in [2.05, 4.69) is 0 Å². The van der Waals surface area contributed by atoms with Crippen LogP contribution >= 0.6 is 0 Å². The van der Waals surface area contributed by atoms with Gasteiger partial charge in [-0.2, -0.15) is 0 Å². The van der Waals surface area contributed by atoms with Crippen molar-refractivity contribution in [1.82, 2.24) is 4.57 Å². The maximum atomic E-state index is 13.3. The standard InChI is InChI=1S/C25H23FN2O3S/c1-3-28(22-10-6-4-8-18(22)2)25(29)17-27-16-24(21-9-5-7-11-23(21)27)32(30,31)20-14-12-19(26)13-15-20/h4-16H,3,17H2,1-2H3. The van der Waals surface area contributed by atoms with E-state index < -0.39 is 15.7 Å². The van der Waals surface area contributed by atoms with Crippen LogP contribution < -0.4 is 4.90 Å². The second-order valence-electron chi connectivity index (χ2n) is 7.52. The molecule has 1 heterocycles. The van der Waals surface area contributed by atoms with E-state index in [-0.39, 0.29) is 22.2 Å². The first-order chi connectivity index (χ1) is 15.3. The molecule has 164 valence electrons. The summed E-state index contributed by atoms with van der Waals surface area (Å²) >= 11 is 0. The van der Waals surface area contributed by atoms with Crippen LogP contribution in [0.3, 0.4) is 0 Å². The number of halogens is 1. The molecule has 1 amide bonds. The highest BCUT2D eigenvalue weighted by Crippen LogP contribution is 2.30. The van der Waals surface area contributed by atoms with Crippen LogP contribution in [0.2, 0.25) is 0 Å². The van der Waals surface area contributed by atoms with Gasteiger partial charge in [0, 0.05) is 29.3 Å². The van der Waals surface area contributed by atoms with Gasteiger partial charge in [0.25, 0.3) is 0 Å². The van der Waals surface area contributed by atoms with Gasteiger partial charge in [0.1, 0.15) is 12.4 Å². The van der Waals surface area contributed by atoms with Gasteiger partial charge in [-0.3, -0.25) is 4.79 Å². The van der Waals surface area contributed by atoms with Crippen molar-refractivity contribution in [1.29, 1.82) is 0 Å². The van der Waals surface area contributed by atoms with Crippen LogP contribution in [0.5, 0.6) is 0 Å². The van der Waals surface area contributed by atoms with Crippen LogP contribution in [-0.2, 0) is 21.2 Å². The number of benzene rings is 3. The van der Waals surface area contributed by atoms with Gasteiger partial charge in [-0.1, -0.05) is 36.4 Å². The summed E-state index contributed by atoms with van der Waals surface area (Å²) in [5.41, 5.74) is 2.46. The molecule has 4 rings (SSSR count). The van der Waals surface area contributed by atoms with Crippen LogP contribution in [0.15, 0.2) is 88.8 Å². The molecule has 0 saturated carbocycles. The number of nitrogens with zero attached hydrogens (tertiary/aromatic N) is 2. The lowest BCUT2D eigenvalue weighted by Crippen LogP contribution is -2.34. The summed E-state index contributed by atoms with van der Waals surface area (Å²) in [4.78, 5) is 15.0. The summed E-state index contributed by atoms with van der Waals surface area (Å²) in [6, 6.07) is 19.5. The molecule has 7 heteroatoms. The molecular formula is C25H23FN2O3S. The van der Waals surface area contributed by atoms with Crippen molar-refractivity contribution in [2.45, 2.75) is 30.2 Å². The minimum absolute atomic E-state index is 0.00299. The Morgan fingerprint density at radius 3 is 2.31 bits per heavy atom. The number of aromatic nitrogens is 1. The minimum Gasteiger partial charge on any atom is -0.337 e. The number of fused-ring (bicyclic) bond motifs is 1. The summed E-state index contributed by atoms with van der Waals surface area (Å²) in [7, 11) is -3.89. The Labute approximate surface area is 186 Å². The van der Waals surface area contributed by atoms with Gasteiger partial charge in [0.05, 0.1) is 9.79 Å². The maximum Gasteiger partial charge on any atom is 0.246 e. The van der Waals surface area contributed by atoms with Gasteiger partial charge in [-0.05, 0) is 55.8 Å². The Morgan fingerprint density at radius 1 is 0.969 bits per heavy atom. The van der Waals surface area contributed by atoms with Crippen molar-refractivity contribution < 1.29 is 17.6 Å². The van der Waals surface area contributed by atoms with E-state index in [1.807, 2.05) is 38.1 Å². The third-order valence-electron chi connectivity index (χ3n) is 5.49. The molecule has 3 aromatic carbocycles. The Hall–Kier alpha value is -3.45. The molecule has 32 heavy (non-hydrogen) atoms. The number of aryl methyl sites for hydroxylation is 1. The highest BCUT2D eigenvalue weighted by molar-refractivity contribution is 7.91. The van der Waals surface area contributed by atoms with Crippen LogP contribution in [0.25, 0.3) is 10.9 Å². The molecule has 0 atom stereocenters. The van der Waals surface area contributed by atoms with Crippen molar-refractivity contribution in [3.63, 3.8) is 0 Å². The van der Waals surface area contributed by atoms with E-state index in [0.717, 1.165) is 23.4 Å². The summed E-state index contributed by atoms with van der Waals surface area (Å²) in [5, 5.41) is 0.517. The van der Waals surface area contributed by atoms with Gasteiger partial charge in [-0.25, -0.2) is 12.8 Å². The number of carbonyl (C=O) groups excluding carboxylic acids is 1. The van der Waals surface area contributed by atoms with Crippen LogP contribution in [0.1, 0.15) is 12.5 Å². The molecular weight excluding hydrogens is 427 g/mol. The van der Waals surface area contributed by atoms with Crippen LogP contribution in [0, 0.1) is 12.7 Å². The molecule has 0 radical (unpaired) electrons. The largest absolute Gasteiger partial charge is 0.337 e. The number of anilines is 1. The van der Waals surface area contributed by atoms with Crippen LogP contribution in [-0.4, -0.2) is 25.4 Å². The van der Waals surface area contributed by atoms with E-state index in [4.69, 9.17) is 0 Å². The van der Waals surface area contributed by atoms with Crippen molar-refractivity contribution >= 4 is 32.3 Å². The Morgan fingerprint density at radius 2 is 1.62 bits per heavy atom. The molecule has 0 N–H and O–H groups in total. The predicted molar refractivity (Wildman–Crippen MR) is 123 cm³/mol. The van der Waals surface area contributed by atoms with E-state index in [9.17, 15) is 17.6 Å². The lowest BCUT2D eigenvalue weighted by molar-refractivity contribution is -0.119. The third-order valence-corrected chi connectivity index (χ3v) is 7.29. The molecule has 0 aliphatic rings. The van der Waals surface area contributed by atoms with Gasteiger partial charge in [-0.15, -0.1) is 0 Å². The van der Waals surface area contributed by atoms with Crippen molar-refractivity contribution in [3.05, 3.63) is 90.4 Å². The monoisotopic (exact) mass is 450 g/mol. The second-order valence-corrected chi connectivity index (χ2v) is 9.44. The maximum absolute atomic E-state index is 13.3. The zero-order valence-corrected chi connectivity index (χ0v) is 18.6. The molecule has 0 fully saturated rings. The number of hydrogen-bond acceptors (Lipinski definition) is 3. The van der Waals surface area contributed by atoms with Gasteiger partial charge < -0.3 is 9.47 Å². The van der Waals surface area contributed by atoms with E-state index in [0.29, 0.717) is 17.4 Å². The van der Waals surface area contributed by atoms with Gasteiger partial charge in [0.2, 0.25) is 15.7 Å². The number of sulfone groups is 1. The van der Waals surface area contributed by atoms with E-state index in [1.54, 1.807) is 33.7 Å². The lowest BCUT2D eigenvalue weighted by Gasteiger charge is -2.23. The summed E-state index contributed by atoms with van der Waals surface area (Å²) in [5.74, 6) is -0.652. The molecule has 5 nitrogen and oxygen atoms in total. The van der Waals surface area contributed by atoms with Crippen LogP contribution in [0.4, 0.5) is 10.1 Å². The number of para-hydroxylation sites is 2. The average molecular weight is 451 g/mol. The number of amides is 1. The van der Waals surface area contributed by atoms with Gasteiger partial charge in [0.15, 0.2) is 0 Å². The van der Waals surface area contributed by atoms with Crippen molar-refractivity contribution in [2.75, 3.05) is 11.4 Å². The zero-order valence-electron chi connectivity index (χ0n) is 17.8. The topological polar surface area (TPSA) is 59.4 Å². The molecule has 1 aromatic heterocycles. The molecule has 0 aliphatic heterocycles. The number of rotatable bonds is 6. The molecule has 0 aliphatic carbocycles. The minimum atomic E-state index is -3.89. The third kappa shape index (κ3) is 3.91. The summed E-state index contributed by atoms with van der Waals surface area (Å²) < 4.78 is 41.5. The first-order valence-corrected chi connectivity index (χ1v) is 11.8. The lowest BCUT2D eigenvalue weighted by atomic mass is 10.2. The second kappa shape index (κ2) is 8.59. The van der Waals surface area contributed by atoms with Crippen molar-refractivity contribution in [2.24, 2.45) is 0 Å². The first-order valence-electron chi connectivity index (χ1n) is 10.3. The predicted octanol–water partition coefficient (Wildman–Crippen LogP) is 4.97. The first kappa shape index (κ1) is 21.8. The SMILES string of the molecule is CCN(C(=O)Cn1cc(S(=O)(=O)c2ccc(F)cc2)c2ccccc21)c1ccccc1C. The fraction of sp³-hybridized carbons (Fsp3) is 0.160. The number of hydrogen-bond donors (Lipinski definition) is 0. The molecule has 4 aromatic rings. The number of likely N-dealkylation sites (N-methyl/N-ethyl adjacent to an activating group) is 1. The summed E-state index contributed by atoms with van der Waals surface area (Å²) in [6.45, 7) is 4.33. The Bertz CT molecular complexity index is 1390. The quantitative estimate of drug-likeness (QED) is 0.390. The zero-order chi connectivity index (χ0) is 22.9. The molecule has 0 saturated heterocycles. The van der Waals surface area contributed by atoms with E-state index >= 15 is 0 Å². The average Bonchev–Trinajstić information content (AvgIpc) is 3.15. The molecule has 0 unspecified atom stereocenters. The summed E-state index contributed by atoms with van der Waals surface area (Å²) in [6.07, 6.45) is 1.49. The normalized spacial score (nSPS) is 11.6. The fourth-order valence-electron chi connectivity index (χ4n) is 3.88. The molecule has 0 bridgehead atoms. The Kier molecular flexibility index (Phi) is 5.84. The van der Waals surface area contributed by atoms with Gasteiger partial charge >= 0.3 is 0 Å².